The summed E-state index contributed by atoms with van der Waals surface area (Å²) < 4.78 is 30.6. The van der Waals surface area contributed by atoms with Gasteiger partial charge in [0.1, 0.15) is 0 Å². The zero-order valence-corrected chi connectivity index (χ0v) is 9.74. The van der Waals surface area contributed by atoms with Gasteiger partial charge in [0.2, 0.25) is 0 Å². The molecule has 0 unspecified atom stereocenters. The van der Waals surface area contributed by atoms with E-state index in [4.69, 9.17) is 5.26 Å². The van der Waals surface area contributed by atoms with Gasteiger partial charge in [-0.15, -0.1) is 0 Å². The van der Waals surface area contributed by atoms with Crippen molar-refractivity contribution in [1.29, 1.82) is 5.26 Å². The first-order valence-electron chi connectivity index (χ1n) is 5.29. The van der Waals surface area contributed by atoms with Crippen LogP contribution >= 0.6 is 0 Å². The van der Waals surface area contributed by atoms with Crippen molar-refractivity contribution in [2.45, 2.75) is 13.3 Å². The van der Waals surface area contributed by atoms with Gasteiger partial charge in [0, 0.05) is 0 Å². The lowest BCUT2D eigenvalue weighted by atomic mass is 10.1. The van der Waals surface area contributed by atoms with Gasteiger partial charge in [0.15, 0.2) is 11.6 Å². The molecule has 0 saturated carbocycles. The molecule has 0 N–H and O–H groups in total. The monoisotopic (exact) mass is 251 g/mol. The molecule has 0 atom stereocenters. The second-order valence-corrected chi connectivity index (χ2v) is 3.38. The first-order valence-corrected chi connectivity index (χ1v) is 5.29. The van der Waals surface area contributed by atoms with Gasteiger partial charge in [-0.1, -0.05) is 12.2 Å². The molecule has 5 heteroatoms. The number of benzene rings is 1. The zero-order valence-electron chi connectivity index (χ0n) is 9.74. The van der Waals surface area contributed by atoms with Crippen LogP contribution in [0.25, 0.3) is 6.08 Å². The van der Waals surface area contributed by atoms with E-state index in [1.807, 2.05) is 0 Å². The van der Waals surface area contributed by atoms with Crippen molar-refractivity contribution < 1.29 is 18.3 Å². The van der Waals surface area contributed by atoms with Gasteiger partial charge in [-0.05, 0) is 24.6 Å². The maximum absolute atomic E-state index is 13.0. The summed E-state index contributed by atoms with van der Waals surface area (Å²) in [5, 5.41) is 8.76. The summed E-state index contributed by atoms with van der Waals surface area (Å²) in [6, 6.07) is 3.48. The number of esters is 1. The normalized spacial score (nSPS) is 10.3. The fourth-order valence-electron chi connectivity index (χ4n) is 1.30. The van der Waals surface area contributed by atoms with Crippen LogP contribution in [0, 0.1) is 23.0 Å². The topological polar surface area (TPSA) is 50.1 Å². The average Bonchev–Trinajstić information content (AvgIpc) is 2.33. The van der Waals surface area contributed by atoms with E-state index in [1.165, 1.54) is 12.2 Å². The summed E-state index contributed by atoms with van der Waals surface area (Å²) in [6.45, 7) is 1.96. The standard InChI is InChI=1S/C13H11F2NO2/c1-2-18-13(17)5-3-4-9-6-11(14)12(15)7-10(9)8-16/h3-4,6-7H,2,5H2,1H3. The lowest BCUT2D eigenvalue weighted by Gasteiger charge is -2.00. The molecule has 0 saturated heterocycles. The Labute approximate surface area is 103 Å². The number of carbonyl (C=O) groups excluding carboxylic acids is 1. The molecule has 0 aliphatic rings. The second-order valence-electron chi connectivity index (χ2n) is 3.38. The fraction of sp³-hybridized carbons (Fsp3) is 0.231. The maximum Gasteiger partial charge on any atom is 0.309 e. The van der Waals surface area contributed by atoms with Crippen LogP contribution in [0.1, 0.15) is 24.5 Å². The average molecular weight is 251 g/mol. The van der Waals surface area contributed by atoms with Crippen molar-refractivity contribution in [3.05, 3.63) is 41.0 Å². The van der Waals surface area contributed by atoms with E-state index >= 15 is 0 Å². The molecule has 18 heavy (non-hydrogen) atoms. The first-order chi connectivity index (χ1) is 8.58. The van der Waals surface area contributed by atoms with Crippen LogP contribution in [-0.4, -0.2) is 12.6 Å². The smallest absolute Gasteiger partial charge is 0.309 e. The van der Waals surface area contributed by atoms with E-state index in [2.05, 4.69) is 4.74 Å². The first kappa shape index (κ1) is 13.8. The third-order valence-electron chi connectivity index (χ3n) is 2.10. The summed E-state index contributed by atoms with van der Waals surface area (Å²) >= 11 is 0. The van der Waals surface area contributed by atoms with Crippen molar-refractivity contribution >= 4 is 12.0 Å². The molecule has 0 radical (unpaired) electrons. The molecule has 0 bridgehead atoms. The Bertz CT molecular complexity index is 518. The third-order valence-corrected chi connectivity index (χ3v) is 2.10. The molecule has 0 amide bonds. The van der Waals surface area contributed by atoms with Crippen LogP contribution in [0.4, 0.5) is 8.78 Å². The predicted molar refractivity (Wildman–Crippen MR) is 61.4 cm³/mol. The van der Waals surface area contributed by atoms with Crippen molar-refractivity contribution in [3.63, 3.8) is 0 Å². The predicted octanol–water partition coefficient (Wildman–Crippen LogP) is 2.80. The van der Waals surface area contributed by atoms with E-state index in [9.17, 15) is 13.6 Å². The van der Waals surface area contributed by atoms with E-state index in [-0.39, 0.29) is 24.2 Å². The third kappa shape index (κ3) is 3.67. The van der Waals surface area contributed by atoms with Gasteiger partial charge in [-0.25, -0.2) is 8.78 Å². The molecule has 0 aliphatic heterocycles. The number of nitrogens with zero attached hydrogens (tertiary/aromatic N) is 1. The lowest BCUT2D eigenvalue weighted by molar-refractivity contribution is -0.142. The molecule has 0 heterocycles. The van der Waals surface area contributed by atoms with Crippen LogP contribution in [0.2, 0.25) is 0 Å². The summed E-state index contributed by atoms with van der Waals surface area (Å²) in [6.07, 6.45) is 2.83. The SMILES string of the molecule is CCOC(=O)CC=Cc1cc(F)c(F)cc1C#N. The number of ether oxygens (including phenoxy) is 1. The zero-order chi connectivity index (χ0) is 13.5. The van der Waals surface area contributed by atoms with Crippen LogP contribution in [0.5, 0.6) is 0 Å². The highest BCUT2D eigenvalue weighted by atomic mass is 19.2. The maximum atomic E-state index is 13.0. The minimum Gasteiger partial charge on any atom is -0.466 e. The van der Waals surface area contributed by atoms with Crippen LogP contribution in [-0.2, 0) is 9.53 Å². The number of halogens is 2. The summed E-state index contributed by atoms with van der Waals surface area (Å²) in [5.41, 5.74) is 0.231. The summed E-state index contributed by atoms with van der Waals surface area (Å²) in [7, 11) is 0. The Kier molecular flexibility index (Phi) is 5.00. The number of hydrogen-bond acceptors (Lipinski definition) is 3. The van der Waals surface area contributed by atoms with E-state index in [1.54, 1.807) is 13.0 Å². The molecule has 1 rings (SSSR count). The van der Waals surface area contributed by atoms with Crippen molar-refractivity contribution in [2.24, 2.45) is 0 Å². The minimum atomic E-state index is -1.07. The fourth-order valence-corrected chi connectivity index (χ4v) is 1.30. The molecule has 0 aliphatic carbocycles. The molecule has 0 aromatic heterocycles. The number of rotatable bonds is 4. The molecule has 3 nitrogen and oxygen atoms in total. The Morgan fingerprint density at radius 3 is 2.72 bits per heavy atom. The van der Waals surface area contributed by atoms with Gasteiger partial charge in [0.25, 0.3) is 0 Å². The van der Waals surface area contributed by atoms with Crippen molar-refractivity contribution in [2.75, 3.05) is 6.61 Å². The molecule has 0 spiro atoms. The molecular weight excluding hydrogens is 240 g/mol. The highest BCUT2D eigenvalue weighted by Crippen LogP contribution is 2.16. The van der Waals surface area contributed by atoms with Gasteiger partial charge >= 0.3 is 5.97 Å². The van der Waals surface area contributed by atoms with Gasteiger partial charge in [0.05, 0.1) is 24.7 Å². The van der Waals surface area contributed by atoms with E-state index in [0.717, 1.165) is 12.1 Å². The second kappa shape index (κ2) is 6.50. The number of nitriles is 1. The largest absolute Gasteiger partial charge is 0.466 e. The Balaban J connectivity index is 2.84. The highest BCUT2D eigenvalue weighted by Gasteiger charge is 2.07. The number of carbonyl (C=O) groups is 1. The molecule has 1 aromatic rings. The molecular formula is C13H11F2NO2. The molecule has 1 aromatic carbocycles. The molecule has 0 fully saturated rings. The van der Waals surface area contributed by atoms with Crippen LogP contribution in [0.15, 0.2) is 18.2 Å². The van der Waals surface area contributed by atoms with Crippen LogP contribution in [0.3, 0.4) is 0 Å². The summed E-state index contributed by atoms with van der Waals surface area (Å²) in [5.74, 6) is -2.53. The number of hydrogen-bond donors (Lipinski definition) is 0. The quantitative estimate of drug-likeness (QED) is 0.773. The van der Waals surface area contributed by atoms with Gasteiger partial charge < -0.3 is 4.74 Å². The molecule has 94 valence electrons. The van der Waals surface area contributed by atoms with Crippen molar-refractivity contribution in [3.8, 4) is 6.07 Å². The van der Waals surface area contributed by atoms with Crippen molar-refractivity contribution in [1.82, 2.24) is 0 Å². The van der Waals surface area contributed by atoms with Gasteiger partial charge in [-0.2, -0.15) is 5.26 Å². The van der Waals surface area contributed by atoms with Crippen LogP contribution < -0.4 is 0 Å². The van der Waals surface area contributed by atoms with E-state index in [0.29, 0.717) is 0 Å². The van der Waals surface area contributed by atoms with Gasteiger partial charge in [-0.3, -0.25) is 4.79 Å². The highest BCUT2D eigenvalue weighted by molar-refractivity contribution is 5.73. The van der Waals surface area contributed by atoms with E-state index < -0.39 is 17.6 Å². The Hall–Kier alpha value is -2.22. The summed E-state index contributed by atoms with van der Waals surface area (Å²) in [4.78, 5) is 11.0. The Morgan fingerprint density at radius 2 is 2.11 bits per heavy atom. The lowest BCUT2D eigenvalue weighted by Crippen LogP contribution is -2.01. The minimum absolute atomic E-state index is 0.00834. The Morgan fingerprint density at radius 1 is 1.44 bits per heavy atom.